The van der Waals surface area contributed by atoms with Crippen LogP contribution in [0.1, 0.15) is 17.5 Å². The van der Waals surface area contributed by atoms with E-state index in [0.29, 0.717) is 11.2 Å². The van der Waals surface area contributed by atoms with Crippen molar-refractivity contribution in [3.8, 4) is 11.4 Å². The van der Waals surface area contributed by atoms with Gasteiger partial charge >= 0.3 is 0 Å². The van der Waals surface area contributed by atoms with Crippen LogP contribution in [0.2, 0.25) is 0 Å². The van der Waals surface area contributed by atoms with Crippen LogP contribution in [0.4, 0.5) is 5.82 Å². The van der Waals surface area contributed by atoms with Crippen LogP contribution in [0.5, 0.6) is 0 Å². The molecule has 3 aromatic heterocycles. The Morgan fingerprint density at radius 2 is 2.07 bits per heavy atom. The van der Waals surface area contributed by atoms with Crippen LogP contribution in [-0.4, -0.2) is 73.9 Å². The summed E-state index contributed by atoms with van der Waals surface area (Å²) in [6.07, 6.45) is 1.80. The number of nitrogens with zero attached hydrogens (tertiary/aromatic N) is 4. The summed E-state index contributed by atoms with van der Waals surface area (Å²) in [6, 6.07) is 3.43. The molecule has 1 fully saturated rings. The Bertz CT molecular complexity index is 913. The summed E-state index contributed by atoms with van der Waals surface area (Å²) < 4.78 is 7.24. The molecule has 27 heavy (non-hydrogen) atoms. The second kappa shape index (κ2) is 7.65. The minimum absolute atomic E-state index is 0.404. The molecule has 4 rings (SSSR count). The molecule has 0 spiro atoms. The Balaban J connectivity index is 1.66. The first-order valence-electron chi connectivity index (χ1n) is 9.06. The van der Waals surface area contributed by atoms with E-state index < -0.39 is 6.29 Å². The van der Waals surface area contributed by atoms with Crippen molar-refractivity contribution in [2.75, 3.05) is 44.7 Å². The Hall–Kier alpha value is -2.46. The molecule has 1 aliphatic rings. The number of rotatable bonds is 6. The van der Waals surface area contributed by atoms with Crippen LogP contribution in [0.15, 0.2) is 24.7 Å². The Labute approximate surface area is 156 Å². The molecule has 1 saturated heterocycles. The van der Waals surface area contributed by atoms with Gasteiger partial charge in [-0.1, -0.05) is 0 Å². The maximum Gasteiger partial charge on any atom is 0.179 e. The van der Waals surface area contributed by atoms with Crippen molar-refractivity contribution in [2.24, 2.45) is 0 Å². The lowest BCUT2D eigenvalue weighted by Gasteiger charge is -2.26. The number of nitrogens with one attached hydrogen (secondary N) is 2. The van der Waals surface area contributed by atoms with Gasteiger partial charge in [0.15, 0.2) is 6.29 Å². The molecule has 4 N–H and O–H groups in total. The predicted molar refractivity (Wildman–Crippen MR) is 100 cm³/mol. The molecule has 0 atom stereocenters. The van der Waals surface area contributed by atoms with E-state index in [0.717, 1.165) is 62.3 Å². The fourth-order valence-electron chi connectivity index (χ4n) is 3.30. The van der Waals surface area contributed by atoms with Gasteiger partial charge < -0.3 is 25.3 Å². The molecular weight excluding hydrogens is 348 g/mol. The number of aryl methyl sites for hydroxylation is 1. The van der Waals surface area contributed by atoms with E-state index in [1.165, 1.54) is 0 Å². The Morgan fingerprint density at radius 1 is 1.26 bits per heavy atom. The van der Waals surface area contributed by atoms with E-state index in [1.807, 2.05) is 11.3 Å². The van der Waals surface area contributed by atoms with Gasteiger partial charge in [-0.3, -0.25) is 9.30 Å². The number of aromatic nitrogens is 4. The van der Waals surface area contributed by atoms with E-state index >= 15 is 0 Å². The van der Waals surface area contributed by atoms with Crippen molar-refractivity contribution in [3.63, 3.8) is 0 Å². The highest BCUT2D eigenvalue weighted by Crippen LogP contribution is 2.30. The molecule has 0 saturated carbocycles. The van der Waals surface area contributed by atoms with Crippen molar-refractivity contribution >= 4 is 11.5 Å². The lowest BCUT2D eigenvalue weighted by molar-refractivity contribution is -0.0427. The lowest BCUT2D eigenvalue weighted by Crippen LogP contribution is -2.39. The number of morpholine rings is 1. The SMILES string of the molecule is Cc1[nH]cnc1-c1nc2ccc(C(O)O)cn2c1NCCN1CCOCC1. The van der Waals surface area contributed by atoms with Crippen LogP contribution in [-0.2, 0) is 4.74 Å². The Morgan fingerprint density at radius 3 is 2.78 bits per heavy atom. The van der Waals surface area contributed by atoms with Crippen LogP contribution in [0.3, 0.4) is 0 Å². The summed E-state index contributed by atoms with van der Waals surface area (Å²) in [4.78, 5) is 14.5. The first-order valence-corrected chi connectivity index (χ1v) is 9.06. The molecule has 9 nitrogen and oxygen atoms in total. The van der Waals surface area contributed by atoms with E-state index in [2.05, 4.69) is 20.2 Å². The molecule has 4 heterocycles. The number of fused-ring (bicyclic) bond motifs is 1. The van der Waals surface area contributed by atoms with Crippen molar-refractivity contribution < 1.29 is 14.9 Å². The van der Waals surface area contributed by atoms with Gasteiger partial charge in [-0.05, 0) is 19.1 Å². The lowest BCUT2D eigenvalue weighted by atomic mass is 10.2. The van der Waals surface area contributed by atoms with Crippen molar-refractivity contribution in [1.29, 1.82) is 0 Å². The minimum Gasteiger partial charge on any atom is -0.379 e. The molecular formula is C18H24N6O3. The van der Waals surface area contributed by atoms with Gasteiger partial charge in [-0.25, -0.2) is 9.97 Å². The highest BCUT2D eigenvalue weighted by molar-refractivity contribution is 5.75. The van der Waals surface area contributed by atoms with Crippen LogP contribution < -0.4 is 5.32 Å². The zero-order valence-corrected chi connectivity index (χ0v) is 15.2. The molecule has 1 aliphatic heterocycles. The summed E-state index contributed by atoms with van der Waals surface area (Å²) in [5, 5.41) is 22.5. The summed E-state index contributed by atoms with van der Waals surface area (Å²) >= 11 is 0. The third kappa shape index (κ3) is 3.67. The third-order valence-electron chi connectivity index (χ3n) is 4.82. The zero-order chi connectivity index (χ0) is 18.8. The number of anilines is 1. The quantitative estimate of drug-likeness (QED) is 0.473. The average Bonchev–Trinajstić information content (AvgIpc) is 3.25. The van der Waals surface area contributed by atoms with E-state index in [4.69, 9.17) is 9.72 Å². The number of hydrogen-bond acceptors (Lipinski definition) is 7. The van der Waals surface area contributed by atoms with Crippen molar-refractivity contribution in [2.45, 2.75) is 13.2 Å². The number of ether oxygens (including phenoxy) is 1. The highest BCUT2D eigenvalue weighted by Gasteiger charge is 2.19. The second-order valence-electron chi connectivity index (χ2n) is 6.63. The predicted octanol–water partition coefficient (Wildman–Crippen LogP) is 0.760. The van der Waals surface area contributed by atoms with E-state index in [-0.39, 0.29) is 0 Å². The molecule has 0 bridgehead atoms. The standard InChI is InChI=1S/C18H24N6O3/c1-12-15(21-11-20-12)16-17(19-4-5-23-6-8-27-9-7-23)24-10-13(18(25)26)2-3-14(24)22-16/h2-3,10-11,18-19,25-26H,4-9H2,1H3,(H,20,21). The monoisotopic (exact) mass is 372 g/mol. The summed E-state index contributed by atoms with van der Waals surface area (Å²) in [7, 11) is 0. The number of aromatic amines is 1. The molecule has 9 heteroatoms. The van der Waals surface area contributed by atoms with Crippen LogP contribution in [0, 0.1) is 6.92 Å². The van der Waals surface area contributed by atoms with Gasteiger partial charge in [0, 0.05) is 43.6 Å². The topological polar surface area (TPSA) is 111 Å². The number of H-pyrrole nitrogens is 1. The summed E-state index contributed by atoms with van der Waals surface area (Å²) in [6.45, 7) is 6.97. The van der Waals surface area contributed by atoms with Gasteiger partial charge in [-0.2, -0.15) is 0 Å². The van der Waals surface area contributed by atoms with Gasteiger partial charge in [-0.15, -0.1) is 0 Å². The van der Waals surface area contributed by atoms with Crippen molar-refractivity contribution in [3.05, 3.63) is 35.9 Å². The maximum absolute atomic E-state index is 9.52. The highest BCUT2D eigenvalue weighted by atomic mass is 16.5. The molecule has 0 aromatic carbocycles. The number of hydrogen-bond donors (Lipinski definition) is 4. The first kappa shape index (κ1) is 17.9. The molecule has 0 unspecified atom stereocenters. The molecule has 0 amide bonds. The number of aliphatic hydroxyl groups excluding tert-OH is 1. The number of pyridine rings is 1. The van der Waals surface area contributed by atoms with Crippen LogP contribution in [0.25, 0.3) is 17.0 Å². The van der Waals surface area contributed by atoms with Gasteiger partial charge in [0.2, 0.25) is 0 Å². The smallest absolute Gasteiger partial charge is 0.179 e. The molecule has 144 valence electrons. The molecule has 0 radical (unpaired) electrons. The van der Waals surface area contributed by atoms with Gasteiger partial charge in [0.05, 0.1) is 19.5 Å². The fourth-order valence-corrected chi connectivity index (χ4v) is 3.30. The average molecular weight is 372 g/mol. The number of imidazole rings is 2. The first-order chi connectivity index (χ1) is 13.1. The Kier molecular flexibility index (Phi) is 5.08. The number of aliphatic hydroxyl groups is 2. The second-order valence-corrected chi connectivity index (χ2v) is 6.63. The van der Waals surface area contributed by atoms with E-state index in [9.17, 15) is 10.2 Å². The normalized spacial score (nSPS) is 15.7. The summed E-state index contributed by atoms with van der Waals surface area (Å²) in [5.74, 6) is 0.788. The summed E-state index contributed by atoms with van der Waals surface area (Å²) in [5.41, 5.74) is 3.56. The third-order valence-corrected chi connectivity index (χ3v) is 4.82. The molecule has 0 aliphatic carbocycles. The van der Waals surface area contributed by atoms with Crippen molar-refractivity contribution in [1.82, 2.24) is 24.3 Å². The van der Waals surface area contributed by atoms with Crippen LogP contribution >= 0.6 is 0 Å². The zero-order valence-electron chi connectivity index (χ0n) is 15.2. The fraction of sp³-hybridized carbons (Fsp3) is 0.444. The molecule has 3 aromatic rings. The largest absolute Gasteiger partial charge is 0.379 e. The van der Waals surface area contributed by atoms with Gasteiger partial charge in [0.25, 0.3) is 0 Å². The van der Waals surface area contributed by atoms with E-state index in [1.54, 1.807) is 24.7 Å². The maximum atomic E-state index is 9.52. The van der Waals surface area contributed by atoms with Gasteiger partial charge in [0.1, 0.15) is 22.9 Å². The minimum atomic E-state index is -1.53.